The zero-order chi connectivity index (χ0) is 20.1. The van der Waals surface area contributed by atoms with Gasteiger partial charge in [0, 0.05) is 30.8 Å². The Bertz CT molecular complexity index is 953. The number of sulfonamides is 1. The number of carbonyl (C=O) groups is 1. The first kappa shape index (κ1) is 20.3. The molecule has 1 amide bonds. The van der Waals surface area contributed by atoms with Crippen molar-refractivity contribution in [1.82, 2.24) is 9.62 Å². The summed E-state index contributed by atoms with van der Waals surface area (Å²) in [5.41, 5.74) is 1.74. The predicted molar refractivity (Wildman–Crippen MR) is 105 cm³/mol. The quantitative estimate of drug-likeness (QED) is 0.796. The molecule has 0 aliphatic carbocycles. The minimum atomic E-state index is -3.67. The third-order valence-electron chi connectivity index (χ3n) is 4.67. The number of nitrogens with one attached hydrogen (secondary N) is 1. The van der Waals surface area contributed by atoms with Crippen LogP contribution in [0, 0.1) is 6.92 Å². The zero-order valence-corrected chi connectivity index (χ0v) is 16.8. The van der Waals surface area contributed by atoms with Crippen LogP contribution in [0.4, 0.5) is 0 Å². The van der Waals surface area contributed by atoms with Gasteiger partial charge < -0.3 is 14.8 Å². The Balaban J connectivity index is 1.79. The van der Waals surface area contributed by atoms with Crippen LogP contribution < -0.4 is 10.1 Å². The molecule has 1 N–H and O–H groups in total. The molecule has 0 saturated carbocycles. The summed E-state index contributed by atoms with van der Waals surface area (Å²) < 4.78 is 37.9. The molecule has 1 fully saturated rings. The summed E-state index contributed by atoms with van der Waals surface area (Å²) in [5, 5.41) is 2.82. The third-order valence-corrected chi connectivity index (χ3v) is 6.71. The van der Waals surface area contributed by atoms with Gasteiger partial charge in [-0.3, -0.25) is 4.79 Å². The molecule has 2 aromatic carbocycles. The summed E-state index contributed by atoms with van der Waals surface area (Å²) >= 11 is 0. The first-order valence-electron chi connectivity index (χ1n) is 9.02. The maximum Gasteiger partial charge on any atom is 0.251 e. The highest BCUT2D eigenvalue weighted by Gasteiger charge is 2.28. The fourth-order valence-electron chi connectivity index (χ4n) is 3.07. The molecule has 1 saturated heterocycles. The molecule has 3 rings (SSSR count). The summed E-state index contributed by atoms with van der Waals surface area (Å²) in [6.45, 7) is 3.37. The number of hydrogen-bond acceptors (Lipinski definition) is 5. The number of benzene rings is 2. The molecule has 7 nitrogen and oxygen atoms in total. The average Bonchev–Trinajstić information content (AvgIpc) is 2.73. The normalized spacial score (nSPS) is 15.2. The molecule has 0 radical (unpaired) electrons. The summed E-state index contributed by atoms with van der Waals surface area (Å²) in [6, 6.07) is 12.1. The predicted octanol–water partition coefficient (Wildman–Crippen LogP) is 1.95. The molecule has 2 aromatic rings. The number of methoxy groups -OCH3 is 1. The van der Waals surface area contributed by atoms with Crippen molar-refractivity contribution in [3.8, 4) is 5.75 Å². The Kier molecular flexibility index (Phi) is 6.33. The van der Waals surface area contributed by atoms with Gasteiger partial charge in [0.15, 0.2) is 0 Å². The number of nitrogens with zero attached hydrogens (tertiary/aromatic N) is 1. The van der Waals surface area contributed by atoms with Crippen molar-refractivity contribution in [1.29, 1.82) is 0 Å². The molecule has 1 aliphatic rings. The van der Waals surface area contributed by atoms with Crippen molar-refractivity contribution in [3.63, 3.8) is 0 Å². The summed E-state index contributed by atoms with van der Waals surface area (Å²) in [6.07, 6.45) is 0. The van der Waals surface area contributed by atoms with Crippen LogP contribution in [0.3, 0.4) is 0 Å². The Morgan fingerprint density at radius 3 is 2.61 bits per heavy atom. The molecular formula is C20H24N2O5S. The van der Waals surface area contributed by atoms with Gasteiger partial charge in [0.05, 0.1) is 25.2 Å². The number of ether oxygens (including phenoxy) is 2. The van der Waals surface area contributed by atoms with Crippen molar-refractivity contribution in [2.24, 2.45) is 0 Å². The summed E-state index contributed by atoms with van der Waals surface area (Å²) in [4.78, 5) is 12.8. The molecule has 8 heteroatoms. The van der Waals surface area contributed by atoms with Gasteiger partial charge in [-0.05, 0) is 30.7 Å². The van der Waals surface area contributed by atoms with Gasteiger partial charge >= 0.3 is 0 Å². The van der Waals surface area contributed by atoms with Crippen LogP contribution in [0.2, 0.25) is 0 Å². The van der Waals surface area contributed by atoms with Gasteiger partial charge in [0.1, 0.15) is 5.75 Å². The van der Waals surface area contributed by atoms with Gasteiger partial charge in [0.25, 0.3) is 5.91 Å². The van der Waals surface area contributed by atoms with E-state index < -0.39 is 10.0 Å². The summed E-state index contributed by atoms with van der Waals surface area (Å²) in [7, 11) is -2.10. The molecular weight excluding hydrogens is 380 g/mol. The summed E-state index contributed by atoms with van der Waals surface area (Å²) in [5.74, 6) is 0.339. The number of carbonyl (C=O) groups excluding carboxylic acids is 1. The van der Waals surface area contributed by atoms with Crippen molar-refractivity contribution >= 4 is 15.9 Å². The maximum absolute atomic E-state index is 13.0. The number of para-hydroxylation sites is 1. The highest BCUT2D eigenvalue weighted by molar-refractivity contribution is 7.89. The average molecular weight is 404 g/mol. The smallest absolute Gasteiger partial charge is 0.251 e. The van der Waals surface area contributed by atoms with Crippen LogP contribution in [0.25, 0.3) is 0 Å². The molecule has 0 aromatic heterocycles. The standard InChI is InChI=1S/C20H24N2O5S/c1-15-7-8-16(13-19(15)28(24,25)22-9-11-27-12-10-22)20(23)21-14-17-5-3-4-6-18(17)26-2/h3-8,13H,9-12,14H2,1-2H3,(H,21,23). The van der Waals surface area contributed by atoms with E-state index in [2.05, 4.69) is 5.32 Å². The molecule has 150 valence electrons. The van der Waals surface area contributed by atoms with E-state index in [0.29, 0.717) is 43.2 Å². The second-order valence-electron chi connectivity index (χ2n) is 6.49. The monoisotopic (exact) mass is 404 g/mol. The first-order valence-corrected chi connectivity index (χ1v) is 10.5. The fourth-order valence-corrected chi connectivity index (χ4v) is 4.73. The van der Waals surface area contributed by atoms with E-state index in [1.54, 1.807) is 26.2 Å². The first-order chi connectivity index (χ1) is 13.4. The SMILES string of the molecule is COc1ccccc1CNC(=O)c1ccc(C)c(S(=O)(=O)N2CCOCC2)c1. The minimum absolute atomic E-state index is 0.152. The molecule has 1 heterocycles. The van der Waals surface area contributed by atoms with Crippen LogP contribution in [-0.4, -0.2) is 52.0 Å². The van der Waals surface area contributed by atoms with E-state index in [9.17, 15) is 13.2 Å². The zero-order valence-electron chi connectivity index (χ0n) is 16.0. The van der Waals surface area contributed by atoms with E-state index >= 15 is 0 Å². The Morgan fingerprint density at radius 2 is 1.89 bits per heavy atom. The Morgan fingerprint density at radius 1 is 1.18 bits per heavy atom. The molecule has 0 spiro atoms. The molecule has 28 heavy (non-hydrogen) atoms. The third kappa shape index (κ3) is 4.35. The van der Waals surface area contributed by atoms with Crippen LogP contribution in [0.1, 0.15) is 21.5 Å². The van der Waals surface area contributed by atoms with Crippen LogP contribution in [0.5, 0.6) is 5.75 Å². The topological polar surface area (TPSA) is 84.9 Å². The second kappa shape index (κ2) is 8.72. The van der Waals surface area contributed by atoms with Crippen molar-refractivity contribution in [2.75, 3.05) is 33.4 Å². The second-order valence-corrected chi connectivity index (χ2v) is 8.40. The number of amides is 1. The largest absolute Gasteiger partial charge is 0.496 e. The van der Waals surface area contributed by atoms with Gasteiger partial charge in [-0.1, -0.05) is 24.3 Å². The lowest BCUT2D eigenvalue weighted by Crippen LogP contribution is -2.41. The van der Waals surface area contributed by atoms with Gasteiger partial charge in [-0.15, -0.1) is 0 Å². The number of morpholine rings is 1. The fraction of sp³-hybridized carbons (Fsp3) is 0.350. The van der Waals surface area contributed by atoms with E-state index in [4.69, 9.17) is 9.47 Å². The van der Waals surface area contributed by atoms with E-state index in [0.717, 1.165) is 5.56 Å². The highest BCUT2D eigenvalue weighted by Crippen LogP contribution is 2.23. The molecule has 0 bridgehead atoms. The van der Waals surface area contributed by atoms with Crippen LogP contribution in [0.15, 0.2) is 47.4 Å². The van der Waals surface area contributed by atoms with E-state index in [1.165, 1.54) is 10.4 Å². The van der Waals surface area contributed by atoms with E-state index in [-0.39, 0.29) is 17.3 Å². The Hall–Kier alpha value is -2.42. The van der Waals surface area contributed by atoms with Crippen molar-refractivity contribution in [2.45, 2.75) is 18.4 Å². The number of rotatable bonds is 6. The number of aryl methyl sites for hydroxylation is 1. The van der Waals surface area contributed by atoms with Crippen molar-refractivity contribution in [3.05, 3.63) is 59.2 Å². The van der Waals surface area contributed by atoms with Gasteiger partial charge in [0.2, 0.25) is 10.0 Å². The van der Waals surface area contributed by atoms with Gasteiger partial charge in [-0.2, -0.15) is 4.31 Å². The van der Waals surface area contributed by atoms with Crippen LogP contribution in [-0.2, 0) is 21.3 Å². The molecule has 0 atom stereocenters. The van der Waals surface area contributed by atoms with Crippen LogP contribution >= 0.6 is 0 Å². The Labute approximate surface area is 165 Å². The minimum Gasteiger partial charge on any atom is -0.496 e. The lowest BCUT2D eigenvalue weighted by atomic mass is 10.1. The molecule has 0 unspecified atom stereocenters. The lowest BCUT2D eigenvalue weighted by molar-refractivity contribution is 0.0730. The molecule has 1 aliphatic heterocycles. The van der Waals surface area contributed by atoms with E-state index in [1.807, 2.05) is 24.3 Å². The number of hydrogen-bond donors (Lipinski definition) is 1. The maximum atomic E-state index is 13.0. The van der Waals surface area contributed by atoms with Crippen molar-refractivity contribution < 1.29 is 22.7 Å². The van der Waals surface area contributed by atoms with Gasteiger partial charge in [-0.25, -0.2) is 8.42 Å². The highest BCUT2D eigenvalue weighted by atomic mass is 32.2. The lowest BCUT2D eigenvalue weighted by Gasteiger charge is -2.26.